The minimum Gasteiger partial charge on any atom is -0.377 e. The van der Waals surface area contributed by atoms with Gasteiger partial charge in [-0.1, -0.05) is 6.92 Å². The lowest BCUT2D eigenvalue weighted by Crippen LogP contribution is -2.61. The number of fused-ring (bicyclic) bond motifs is 1. The van der Waals surface area contributed by atoms with Crippen LogP contribution in [-0.2, 0) is 23.0 Å². The highest BCUT2D eigenvalue weighted by atomic mass is 16.5. The van der Waals surface area contributed by atoms with Crippen LogP contribution in [0, 0.1) is 11.8 Å². The van der Waals surface area contributed by atoms with Gasteiger partial charge < -0.3 is 15.0 Å². The number of H-pyrrole nitrogens is 1. The number of rotatable bonds is 4. The molecule has 3 rings (SSSR count). The molecule has 0 bridgehead atoms. The van der Waals surface area contributed by atoms with E-state index in [1.54, 1.807) is 0 Å². The van der Waals surface area contributed by atoms with Crippen molar-refractivity contribution < 1.29 is 9.53 Å². The molecule has 22 heavy (non-hydrogen) atoms. The van der Waals surface area contributed by atoms with Crippen LogP contribution in [0.4, 0.5) is 0 Å². The maximum atomic E-state index is 12.2. The van der Waals surface area contributed by atoms with E-state index in [0.29, 0.717) is 17.4 Å². The van der Waals surface area contributed by atoms with Gasteiger partial charge in [-0.05, 0) is 12.8 Å². The zero-order valence-corrected chi connectivity index (χ0v) is 12.8. The van der Waals surface area contributed by atoms with Gasteiger partial charge in [0.15, 0.2) is 0 Å². The van der Waals surface area contributed by atoms with Gasteiger partial charge in [-0.25, -0.2) is 4.79 Å². The zero-order valence-electron chi connectivity index (χ0n) is 12.8. The van der Waals surface area contributed by atoms with Crippen LogP contribution in [-0.4, -0.2) is 34.2 Å². The number of nitrogens with one attached hydrogen (secondary N) is 2. The minimum absolute atomic E-state index is 0.0192. The molecular formula is C15H21N3O4. The smallest absolute Gasteiger partial charge is 0.328 e. The van der Waals surface area contributed by atoms with Gasteiger partial charge in [0.05, 0.1) is 12.5 Å². The van der Waals surface area contributed by atoms with E-state index in [4.69, 9.17) is 4.74 Å². The average Bonchev–Trinajstić information content (AvgIpc) is 2.90. The standard InChI is InChI=1S/C15H21N3O4/c1-3-9-12(10-4-5-22-13(9)10)17-11(19)6-8-7-16-15(21)18(2)14(8)20/h7,9-10,12-13H,3-6H2,1-2H3,(H,16,21)(H,17,19)/t9-,10+,12-,13-/m1/s1. The molecule has 1 amide bonds. The van der Waals surface area contributed by atoms with Gasteiger partial charge >= 0.3 is 5.69 Å². The predicted octanol–water partition coefficient (Wildman–Crippen LogP) is -0.454. The number of aromatic amines is 1. The number of nitrogens with zero attached hydrogens (tertiary/aromatic N) is 1. The number of ether oxygens (including phenoxy) is 1. The first kappa shape index (κ1) is 15.0. The Balaban J connectivity index is 1.67. The van der Waals surface area contributed by atoms with Crippen molar-refractivity contribution in [3.05, 3.63) is 32.6 Å². The average molecular weight is 307 g/mol. The molecule has 120 valence electrons. The molecule has 0 radical (unpaired) electrons. The predicted molar refractivity (Wildman–Crippen MR) is 79.6 cm³/mol. The van der Waals surface area contributed by atoms with Crippen molar-refractivity contribution in [3.8, 4) is 0 Å². The maximum Gasteiger partial charge on any atom is 0.328 e. The fourth-order valence-electron chi connectivity index (χ4n) is 3.68. The summed E-state index contributed by atoms with van der Waals surface area (Å²) in [4.78, 5) is 37.9. The van der Waals surface area contributed by atoms with Crippen molar-refractivity contribution in [1.29, 1.82) is 0 Å². The van der Waals surface area contributed by atoms with E-state index in [1.807, 2.05) is 0 Å². The van der Waals surface area contributed by atoms with E-state index in [2.05, 4.69) is 17.2 Å². The van der Waals surface area contributed by atoms with Gasteiger partial charge in [-0.3, -0.25) is 14.2 Å². The highest BCUT2D eigenvalue weighted by Gasteiger charge is 2.53. The third kappa shape index (κ3) is 2.39. The van der Waals surface area contributed by atoms with E-state index in [9.17, 15) is 14.4 Å². The molecule has 2 aliphatic rings. The lowest BCUT2D eigenvalue weighted by atomic mass is 9.65. The molecule has 1 aromatic heterocycles. The van der Waals surface area contributed by atoms with Crippen molar-refractivity contribution in [2.24, 2.45) is 18.9 Å². The van der Waals surface area contributed by atoms with E-state index < -0.39 is 11.2 Å². The second-order valence-corrected chi connectivity index (χ2v) is 6.11. The van der Waals surface area contributed by atoms with Crippen molar-refractivity contribution in [1.82, 2.24) is 14.9 Å². The first-order valence-corrected chi connectivity index (χ1v) is 7.71. The SMILES string of the molecule is CC[C@@H]1[C@@H](NC(=O)Cc2c[nH]c(=O)n(C)c2=O)[C@@H]2CCO[C@H]12. The molecule has 2 heterocycles. The molecular weight excluding hydrogens is 286 g/mol. The van der Waals surface area contributed by atoms with Crippen LogP contribution in [0.2, 0.25) is 0 Å². The number of carbonyl (C=O) groups excluding carboxylic acids is 1. The van der Waals surface area contributed by atoms with E-state index in [-0.39, 0.29) is 24.5 Å². The molecule has 0 aromatic carbocycles. The molecule has 4 atom stereocenters. The second kappa shape index (κ2) is 5.72. The lowest BCUT2D eigenvalue weighted by Gasteiger charge is -2.47. The summed E-state index contributed by atoms with van der Waals surface area (Å²) in [7, 11) is 1.39. The van der Waals surface area contributed by atoms with Crippen LogP contribution in [0.15, 0.2) is 15.8 Å². The minimum atomic E-state index is -0.481. The zero-order chi connectivity index (χ0) is 15.9. The normalized spacial score (nSPS) is 29.7. The van der Waals surface area contributed by atoms with Crippen LogP contribution < -0.4 is 16.6 Å². The molecule has 1 saturated carbocycles. The Hall–Kier alpha value is -1.89. The summed E-state index contributed by atoms with van der Waals surface area (Å²) in [6.07, 6.45) is 3.52. The fraction of sp³-hybridized carbons (Fsp3) is 0.667. The fourth-order valence-corrected chi connectivity index (χ4v) is 3.68. The highest BCUT2D eigenvalue weighted by Crippen LogP contribution is 2.45. The summed E-state index contributed by atoms with van der Waals surface area (Å²) in [5, 5.41) is 3.04. The van der Waals surface area contributed by atoms with Crippen molar-refractivity contribution >= 4 is 5.91 Å². The van der Waals surface area contributed by atoms with E-state index >= 15 is 0 Å². The molecule has 1 aromatic rings. The molecule has 0 spiro atoms. The Morgan fingerprint density at radius 3 is 3.00 bits per heavy atom. The number of aromatic nitrogens is 2. The molecule has 1 aliphatic carbocycles. The molecule has 7 heteroatoms. The van der Waals surface area contributed by atoms with Gasteiger partial charge in [0, 0.05) is 43.3 Å². The number of hydrogen-bond donors (Lipinski definition) is 2. The Labute approximate surface area is 127 Å². The van der Waals surface area contributed by atoms with Crippen LogP contribution in [0.1, 0.15) is 25.3 Å². The molecule has 1 saturated heterocycles. The van der Waals surface area contributed by atoms with Crippen molar-refractivity contribution in [3.63, 3.8) is 0 Å². The quantitative estimate of drug-likeness (QED) is 0.787. The number of hydrogen-bond acceptors (Lipinski definition) is 4. The Bertz CT molecular complexity index is 693. The third-order valence-electron chi connectivity index (χ3n) is 4.93. The summed E-state index contributed by atoms with van der Waals surface area (Å²) in [5.41, 5.74) is -0.613. The van der Waals surface area contributed by atoms with Gasteiger partial charge in [-0.2, -0.15) is 0 Å². The molecule has 7 nitrogen and oxygen atoms in total. The molecule has 2 fully saturated rings. The van der Waals surface area contributed by atoms with Crippen molar-refractivity contribution in [2.45, 2.75) is 38.3 Å². The molecule has 2 N–H and O–H groups in total. The topological polar surface area (TPSA) is 93.2 Å². The first-order valence-electron chi connectivity index (χ1n) is 7.71. The summed E-state index contributed by atoms with van der Waals surface area (Å²) in [6, 6.07) is 0.136. The summed E-state index contributed by atoms with van der Waals surface area (Å²) >= 11 is 0. The Kier molecular flexibility index (Phi) is 3.90. The largest absolute Gasteiger partial charge is 0.377 e. The van der Waals surface area contributed by atoms with Crippen LogP contribution in [0.3, 0.4) is 0 Å². The number of carbonyl (C=O) groups is 1. The summed E-state index contributed by atoms with van der Waals surface area (Å²) in [6.45, 7) is 2.86. The van der Waals surface area contributed by atoms with Gasteiger partial charge in [-0.15, -0.1) is 0 Å². The Morgan fingerprint density at radius 1 is 1.50 bits per heavy atom. The van der Waals surface area contributed by atoms with Crippen LogP contribution >= 0.6 is 0 Å². The highest BCUT2D eigenvalue weighted by molar-refractivity contribution is 5.78. The number of amides is 1. The Morgan fingerprint density at radius 2 is 2.27 bits per heavy atom. The lowest BCUT2D eigenvalue weighted by molar-refractivity contribution is -0.126. The van der Waals surface area contributed by atoms with Crippen molar-refractivity contribution in [2.75, 3.05) is 6.61 Å². The molecule has 1 aliphatic heterocycles. The van der Waals surface area contributed by atoms with Gasteiger partial charge in [0.25, 0.3) is 5.56 Å². The first-order chi connectivity index (χ1) is 10.5. The van der Waals surface area contributed by atoms with E-state index in [1.165, 1.54) is 13.2 Å². The van der Waals surface area contributed by atoms with Crippen LogP contribution in [0.5, 0.6) is 0 Å². The van der Waals surface area contributed by atoms with Gasteiger partial charge in [0.1, 0.15) is 0 Å². The maximum absolute atomic E-state index is 12.2. The van der Waals surface area contributed by atoms with Gasteiger partial charge in [0.2, 0.25) is 5.91 Å². The molecule has 0 unspecified atom stereocenters. The third-order valence-corrected chi connectivity index (χ3v) is 4.93. The van der Waals surface area contributed by atoms with Crippen LogP contribution in [0.25, 0.3) is 0 Å². The summed E-state index contributed by atoms with van der Waals surface area (Å²) in [5.74, 6) is 0.570. The summed E-state index contributed by atoms with van der Waals surface area (Å²) < 4.78 is 6.66. The van der Waals surface area contributed by atoms with E-state index in [0.717, 1.165) is 24.0 Å². The monoisotopic (exact) mass is 307 g/mol. The second-order valence-electron chi connectivity index (χ2n) is 6.11.